The molecule has 0 saturated carbocycles. The van der Waals surface area contributed by atoms with Crippen LogP contribution in [-0.2, 0) is 0 Å². The molecule has 0 bridgehead atoms. The van der Waals surface area contributed by atoms with Crippen molar-refractivity contribution in [3.8, 4) is 5.69 Å². The summed E-state index contributed by atoms with van der Waals surface area (Å²) in [5.41, 5.74) is 1.22. The van der Waals surface area contributed by atoms with E-state index in [1.54, 1.807) is 41.2 Å². The molecule has 1 N–H and O–H groups in total. The fourth-order valence-electron chi connectivity index (χ4n) is 2.43. The first-order valence-corrected chi connectivity index (χ1v) is 7.19. The van der Waals surface area contributed by atoms with Crippen LogP contribution in [0.4, 0.5) is 0 Å². The number of carbonyl (C=O) groups excluding carboxylic acids is 1. The molecule has 118 valence electrons. The zero-order valence-electron chi connectivity index (χ0n) is 13.4. The number of nitrogens with zero attached hydrogens (tertiary/aromatic N) is 4. The maximum absolute atomic E-state index is 12.6. The Balaban J connectivity index is 2.19. The van der Waals surface area contributed by atoms with Crippen LogP contribution in [0.25, 0.3) is 5.69 Å². The van der Waals surface area contributed by atoms with Gasteiger partial charge in [0.2, 0.25) is 0 Å². The number of hydrogen-bond acceptors (Lipinski definition) is 4. The van der Waals surface area contributed by atoms with Crippen LogP contribution in [0.2, 0.25) is 0 Å². The van der Waals surface area contributed by atoms with E-state index < -0.39 is 0 Å². The molecule has 1 aromatic carbocycles. The molecule has 0 aliphatic carbocycles. The van der Waals surface area contributed by atoms with E-state index >= 15 is 0 Å². The molecule has 1 atom stereocenters. The quantitative estimate of drug-likeness (QED) is 0.934. The van der Waals surface area contributed by atoms with Crippen LogP contribution in [0.3, 0.4) is 0 Å². The first-order valence-electron chi connectivity index (χ1n) is 7.19. The first kappa shape index (κ1) is 16.2. The minimum absolute atomic E-state index is 0.0667. The predicted octanol–water partition coefficient (Wildman–Crippen LogP) is 1.75. The van der Waals surface area contributed by atoms with Crippen LogP contribution < -0.4 is 0 Å². The Morgan fingerprint density at radius 1 is 1.32 bits per heavy atom. The molecule has 1 amide bonds. The summed E-state index contributed by atoms with van der Waals surface area (Å²) in [5, 5.41) is 17.2. The molecule has 0 radical (unpaired) electrons. The largest absolute Gasteiger partial charge is 0.394 e. The topological polar surface area (TPSA) is 71.2 Å². The van der Waals surface area contributed by atoms with Crippen molar-refractivity contribution in [1.82, 2.24) is 19.9 Å². The van der Waals surface area contributed by atoms with Gasteiger partial charge in [-0.3, -0.25) is 4.79 Å². The van der Waals surface area contributed by atoms with Gasteiger partial charge in [0.1, 0.15) is 0 Å². The van der Waals surface area contributed by atoms with Gasteiger partial charge in [-0.05, 0) is 29.7 Å². The van der Waals surface area contributed by atoms with Crippen LogP contribution >= 0.6 is 0 Å². The molecule has 2 aromatic rings. The van der Waals surface area contributed by atoms with Gasteiger partial charge in [-0.15, -0.1) is 5.10 Å². The lowest BCUT2D eigenvalue weighted by Gasteiger charge is -2.36. The SMILES string of the molecule is CN(C(=O)c1ccc(-n2ccnn2)cc1)C(CO)C(C)(C)C. The molecule has 2 rings (SSSR count). The van der Waals surface area contributed by atoms with Crippen molar-refractivity contribution in [1.29, 1.82) is 0 Å². The summed E-state index contributed by atoms with van der Waals surface area (Å²) >= 11 is 0. The van der Waals surface area contributed by atoms with Crippen LogP contribution in [0.1, 0.15) is 31.1 Å². The van der Waals surface area contributed by atoms with Crippen molar-refractivity contribution in [2.45, 2.75) is 26.8 Å². The number of aliphatic hydroxyl groups excluding tert-OH is 1. The van der Waals surface area contributed by atoms with E-state index in [4.69, 9.17) is 0 Å². The maximum atomic E-state index is 12.6. The Morgan fingerprint density at radius 2 is 1.95 bits per heavy atom. The van der Waals surface area contributed by atoms with Gasteiger partial charge in [0.05, 0.1) is 30.7 Å². The molecular weight excluding hydrogens is 280 g/mol. The second-order valence-electron chi connectivity index (χ2n) is 6.37. The highest BCUT2D eigenvalue weighted by molar-refractivity contribution is 5.94. The van der Waals surface area contributed by atoms with Crippen molar-refractivity contribution in [2.24, 2.45) is 5.41 Å². The summed E-state index contributed by atoms with van der Waals surface area (Å²) < 4.78 is 1.63. The van der Waals surface area contributed by atoms with Crippen molar-refractivity contribution >= 4 is 5.91 Å². The van der Waals surface area contributed by atoms with Gasteiger partial charge in [0, 0.05) is 12.6 Å². The molecule has 1 heterocycles. The number of likely N-dealkylation sites (N-methyl/N-ethyl adjacent to an activating group) is 1. The fraction of sp³-hybridized carbons (Fsp3) is 0.438. The second-order valence-corrected chi connectivity index (χ2v) is 6.37. The molecule has 6 nitrogen and oxygen atoms in total. The molecule has 1 unspecified atom stereocenters. The molecule has 0 saturated heterocycles. The minimum atomic E-state index is -0.241. The van der Waals surface area contributed by atoms with E-state index in [0.717, 1.165) is 5.69 Å². The Hall–Kier alpha value is -2.21. The van der Waals surface area contributed by atoms with Crippen molar-refractivity contribution in [3.05, 3.63) is 42.2 Å². The van der Waals surface area contributed by atoms with E-state index in [1.165, 1.54) is 0 Å². The molecule has 0 aliphatic rings. The third-order valence-corrected chi connectivity index (χ3v) is 3.76. The van der Waals surface area contributed by atoms with Crippen LogP contribution in [0.15, 0.2) is 36.7 Å². The van der Waals surface area contributed by atoms with Gasteiger partial charge in [-0.25, -0.2) is 4.68 Å². The average molecular weight is 302 g/mol. The number of hydrogen-bond donors (Lipinski definition) is 1. The molecular formula is C16H22N4O2. The maximum Gasteiger partial charge on any atom is 0.253 e. The molecule has 0 spiro atoms. The zero-order valence-corrected chi connectivity index (χ0v) is 13.4. The van der Waals surface area contributed by atoms with Crippen molar-refractivity contribution in [3.63, 3.8) is 0 Å². The molecule has 1 aromatic heterocycles. The number of amides is 1. The van der Waals surface area contributed by atoms with E-state index in [1.807, 2.05) is 32.9 Å². The summed E-state index contributed by atoms with van der Waals surface area (Å²) in [4.78, 5) is 14.2. The van der Waals surface area contributed by atoms with Crippen LogP contribution in [0, 0.1) is 5.41 Å². The molecule has 22 heavy (non-hydrogen) atoms. The standard InChI is InChI=1S/C16H22N4O2/c1-16(2,3)14(11-21)19(4)15(22)12-5-7-13(8-6-12)20-10-9-17-18-20/h5-10,14,21H,11H2,1-4H3. The Labute approximate surface area is 130 Å². The van der Waals surface area contributed by atoms with Gasteiger partial charge in [0.25, 0.3) is 5.91 Å². The van der Waals surface area contributed by atoms with Gasteiger partial charge < -0.3 is 10.0 Å². The number of rotatable bonds is 4. The molecule has 0 aliphatic heterocycles. The normalized spacial score (nSPS) is 13.0. The Morgan fingerprint density at radius 3 is 2.41 bits per heavy atom. The van der Waals surface area contributed by atoms with Crippen LogP contribution in [-0.4, -0.2) is 50.6 Å². The number of aromatic nitrogens is 3. The Kier molecular flexibility index (Phi) is 4.61. The lowest BCUT2D eigenvalue weighted by molar-refractivity contribution is 0.0434. The highest BCUT2D eigenvalue weighted by Gasteiger charge is 2.30. The zero-order chi connectivity index (χ0) is 16.3. The van der Waals surface area contributed by atoms with Gasteiger partial charge in [0.15, 0.2) is 0 Å². The Bertz CT molecular complexity index is 615. The summed E-state index contributed by atoms with van der Waals surface area (Å²) in [7, 11) is 1.72. The number of benzene rings is 1. The van der Waals surface area contributed by atoms with E-state index in [2.05, 4.69) is 10.3 Å². The highest BCUT2D eigenvalue weighted by Crippen LogP contribution is 2.24. The van der Waals surface area contributed by atoms with Gasteiger partial charge in [-0.1, -0.05) is 26.0 Å². The summed E-state index contributed by atoms with van der Waals surface area (Å²) in [6.45, 7) is 5.95. The van der Waals surface area contributed by atoms with E-state index in [9.17, 15) is 9.90 Å². The number of carbonyl (C=O) groups is 1. The highest BCUT2D eigenvalue weighted by atomic mass is 16.3. The first-order chi connectivity index (χ1) is 10.3. The minimum Gasteiger partial charge on any atom is -0.394 e. The third-order valence-electron chi connectivity index (χ3n) is 3.76. The predicted molar refractivity (Wildman–Crippen MR) is 83.8 cm³/mol. The smallest absolute Gasteiger partial charge is 0.253 e. The lowest BCUT2D eigenvalue weighted by atomic mass is 9.86. The average Bonchev–Trinajstić information content (AvgIpc) is 3.00. The van der Waals surface area contributed by atoms with Crippen molar-refractivity contribution in [2.75, 3.05) is 13.7 Å². The molecule has 0 fully saturated rings. The van der Waals surface area contributed by atoms with Crippen LogP contribution in [0.5, 0.6) is 0 Å². The van der Waals surface area contributed by atoms with E-state index in [0.29, 0.717) is 5.56 Å². The summed E-state index contributed by atoms with van der Waals surface area (Å²) in [5.74, 6) is -0.112. The summed E-state index contributed by atoms with van der Waals surface area (Å²) in [6.07, 6.45) is 3.34. The van der Waals surface area contributed by atoms with Crippen molar-refractivity contribution < 1.29 is 9.90 Å². The number of aliphatic hydroxyl groups is 1. The lowest BCUT2D eigenvalue weighted by Crippen LogP contribution is -2.47. The second kappa shape index (κ2) is 6.27. The third kappa shape index (κ3) is 3.33. The molecule has 6 heteroatoms. The fourth-order valence-corrected chi connectivity index (χ4v) is 2.43. The monoisotopic (exact) mass is 302 g/mol. The van der Waals surface area contributed by atoms with E-state index in [-0.39, 0.29) is 24.0 Å². The van der Waals surface area contributed by atoms with Gasteiger partial charge in [-0.2, -0.15) is 0 Å². The summed E-state index contributed by atoms with van der Waals surface area (Å²) in [6, 6.07) is 6.91. The van der Waals surface area contributed by atoms with Gasteiger partial charge >= 0.3 is 0 Å².